The van der Waals surface area contributed by atoms with Crippen LogP contribution in [0.2, 0.25) is 5.15 Å². The molecule has 2 rings (SSSR count). The minimum Gasteiger partial charge on any atom is -0.236 e. The number of aromatic nitrogens is 2. The quantitative estimate of drug-likeness (QED) is 0.740. The van der Waals surface area contributed by atoms with E-state index in [-0.39, 0.29) is 0 Å². The maximum Gasteiger partial charge on any atom is 0.133 e. The lowest BCUT2D eigenvalue weighted by Gasteiger charge is -2.00. The van der Waals surface area contributed by atoms with Crippen molar-refractivity contribution >= 4 is 27.5 Å². The molecule has 0 saturated heterocycles. The van der Waals surface area contributed by atoms with Crippen LogP contribution in [-0.4, -0.2) is 9.97 Å². The van der Waals surface area contributed by atoms with Crippen molar-refractivity contribution in [1.29, 1.82) is 0 Å². The van der Waals surface area contributed by atoms with Gasteiger partial charge in [-0.15, -0.1) is 0 Å². The van der Waals surface area contributed by atoms with Gasteiger partial charge in [0.15, 0.2) is 0 Å². The van der Waals surface area contributed by atoms with Gasteiger partial charge in [0.05, 0.1) is 5.69 Å². The van der Waals surface area contributed by atoms with Crippen LogP contribution in [0, 0.1) is 0 Å². The lowest BCUT2D eigenvalue weighted by Crippen LogP contribution is -1.84. The van der Waals surface area contributed by atoms with E-state index in [2.05, 4.69) is 25.9 Å². The van der Waals surface area contributed by atoms with Crippen LogP contribution in [0.15, 0.2) is 41.1 Å². The average Bonchev–Trinajstić information content (AvgIpc) is 2.19. The van der Waals surface area contributed by atoms with Crippen molar-refractivity contribution in [1.82, 2.24) is 9.97 Å². The van der Waals surface area contributed by atoms with Gasteiger partial charge < -0.3 is 0 Å². The summed E-state index contributed by atoms with van der Waals surface area (Å²) in [5, 5.41) is 0.456. The van der Waals surface area contributed by atoms with Crippen LogP contribution >= 0.6 is 27.5 Å². The molecule has 1 aromatic carbocycles. The first-order valence-electron chi connectivity index (χ1n) is 3.99. The SMILES string of the molecule is Clc1cc(-c2ccc(Br)cc2)ncn1. The number of hydrogen-bond donors (Lipinski definition) is 0. The summed E-state index contributed by atoms with van der Waals surface area (Å²) >= 11 is 9.14. The van der Waals surface area contributed by atoms with Crippen LogP contribution in [0.25, 0.3) is 11.3 Å². The molecule has 0 aliphatic heterocycles. The van der Waals surface area contributed by atoms with E-state index in [1.807, 2.05) is 24.3 Å². The van der Waals surface area contributed by atoms with E-state index < -0.39 is 0 Å². The molecule has 0 atom stereocenters. The Labute approximate surface area is 95.1 Å². The molecule has 2 aromatic rings. The summed E-state index contributed by atoms with van der Waals surface area (Å²) in [7, 11) is 0. The Kier molecular flexibility index (Phi) is 2.79. The van der Waals surface area contributed by atoms with Gasteiger partial charge in [-0.3, -0.25) is 0 Å². The third kappa shape index (κ3) is 2.11. The Bertz CT molecular complexity index is 442. The minimum atomic E-state index is 0.456. The lowest BCUT2D eigenvalue weighted by atomic mass is 10.1. The molecule has 0 fully saturated rings. The summed E-state index contributed by atoms with van der Waals surface area (Å²) in [5.74, 6) is 0. The molecule has 4 heteroatoms. The molecule has 0 radical (unpaired) electrons. The van der Waals surface area contributed by atoms with Crippen LogP contribution in [0.1, 0.15) is 0 Å². The molecular weight excluding hydrogens is 263 g/mol. The Hall–Kier alpha value is -0.930. The molecule has 0 saturated carbocycles. The zero-order valence-electron chi connectivity index (χ0n) is 7.11. The minimum absolute atomic E-state index is 0.456. The van der Waals surface area contributed by atoms with Crippen molar-refractivity contribution in [3.63, 3.8) is 0 Å². The smallest absolute Gasteiger partial charge is 0.133 e. The highest BCUT2D eigenvalue weighted by molar-refractivity contribution is 9.10. The first-order valence-corrected chi connectivity index (χ1v) is 5.16. The second kappa shape index (κ2) is 4.07. The molecule has 1 heterocycles. The van der Waals surface area contributed by atoms with Crippen LogP contribution in [0.4, 0.5) is 0 Å². The van der Waals surface area contributed by atoms with Gasteiger partial charge in [0.25, 0.3) is 0 Å². The zero-order valence-corrected chi connectivity index (χ0v) is 9.46. The predicted octanol–water partition coefficient (Wildman–Crippen LogP) is 3.56. The van der Waals surface area contributed by atoms with Gasteiger partial charge in [0, 0.05) is 16.1 Å². The van der Waals surface area contributed by atoms with E-state index in [1.54, 1.807) is 6.07 Å². The van der Waals surface area contributed by atoms with Gasteiger partial charge in [-0.05, 0) is 12.1 Å². The van der Waals surface area contributed by atoms with E-state index in [9.17, 15) is 0 Å². The molecule has 2 nitrogen and oxygen atoms in total. The Morgan fingerprint density at radius 2 is 1.79 bits per heavy atom. The molecule has 0 aliphatic rings. The molecule has 0 spiro atoms. The molecule has 0 amide bonds. The van der Waals surface area contributed by atoms with E-state index >= 15 is 0 Å². The molecule has 70 valence electrons. The van der Waals surface area contributed by atoms with Gasteiger partial charge in [0.2, 0.25) is 0 Å². The zero-order chi connectivity index (χ0) is 9.97. The van der Waals surface area contributed by atoms with Crippen molar-refractivity contribution in [2.75, 3.05) is 0 Å². The van der Waals surface area contributed by atoms with E-state index in [4.69, 9.17) is 11.6 Å². The van der Waals surface area contributed by atoms with Gasteiger partial charge >= 0.3 is 0 Å². The highest BCUT2D eigenvalue weighted by atomic mass is 79.9. The van der Waals surface area contributed by atoms with E-state index in [0.717, 1.165) is 15.7 Å². The van der Waals surface area contributed by atoms with Crippen molar-refractivity contribution in [2.24, 2.45) is 0 Å². The van der Waals surface area contributed by atoms with Gasteiger partial charge in [-0.2, -0.15) is 0 Å². The van der Waals surface area contributed by atoms with Crippen molar-refractivity contribution in [3.05, 3.63) is 46.3 Å². The topological polar surface area (TPSA) is 25.8 Å². The van der Waals surface area contributed by atoms with E-state index in [1.165, 1.54) is 6.33 Å². The fraction of sp³-hybridized carbons (Fsp3) is 0. The third-order valence-corrected chi connectivity index (χ3v) is 2.51. The summed E-state index contributed by atoms with van der Waals surface area (Å²) in [5.41, 5.74) is 1.86. The Morgan fingerprint density at radius 1 is 1.07 bits per heavy atom. The Balaban J connectivity index is 2.44. The highest BCUT2D eigenvalue weighted by Crippen LogP contribution is 2.20. The summed E-state index contributed by atoms with van der Waals surface area (Å²) < 4.78 is 1.04. The second-order valence-electron chi connectivity index (χ2n) is 2.73. The Morgan fingerprint density at radius 3 is 2.43 bits per heavy atom. The van der Waals surface area contributed by atoms with Gasteiger partial charge in [0.1, 0.15) is 11.5 Å². The maximum atomic E-state index is 5.77. The van der Waals surface area contributed by atoms with Gasteiger partial charge in [-0.25, -0.2) is 9.97 Å². The van der Waals surface area contributed by atoms with Gasteiger partial charge in [-0.1, -0.05) is 39.7 Å². The first kappa shape index (κ1) is 9.62. The summed E-state index contributed by atoms with van der Waals surface area (Å²) in [6.45, 7) is 0. The van der Waals surface area contributed by atoms with Crippen molar-refractivity contribution in [3.8, 4) is 11.3 Å². The molecular formula is C10H6BrClN2. The fourth-order valence-corrected chi connectivity index (χ4v) is 1.52. The van der Waals surface area contributed by atoms with Crippen LogP contribution in [0.3, 0.4) is 0 Å². The monoisotopic (exact) mass is 268 g/mol. The van der Waals surface area contributed by atoms with Crippen molar-refractivity contribution < 1.29 is 0 Å². The first-order chi connectivity index (χ1) is 6.75. The van der Waals surface area contributed by atoms with Crippen LogP contribution in [0.5, 0.6) is 0 Å². The van der Waals surface area contributed by atoms with Crippen LogP contribution in [-0.2, 0) is 0 Å². The average molecular weight is 270 g/mol. The third-order valence-electron chi connectivity index (χ3n) is 1.77. The molecule has 0 unspecified atom stereocenters. The largest absolute Gasteiger partial charge is 0.236 e. The number of halogens is 2. The summed E-state index contributed by atoms with van der Waals surface area (Å²) in [6, 6.07) is 9.62. The number of nitrogens with zero attached hydrogens (tertiary/aromatic N) is 2. The number of hydrogen-bond acceptors (Lipinski definition) is 2. The summed E-state index contributed by atoms with van der Waals surface area (Å²) in [6.07, 6.45) is 1.46. The molecule has 14 heavy (non-hydrogen) atoms. The molecule has 0 aliphatic carbocycles. The molecule has 0 N–H and O–H groups in total. The number of rotatable bonds is 1. The predicted molar refractivity (Wildman–Crippen MR) is 60.2 cm³/mol. The summed E-state index contributed by atoms with van der Waals surface area (Å²) in [4.78, 5) is 7.96. The maximum absolute atomic E-state index is 5.77. The fourth-order valence-electron chi connectivity index (χ4n) is 1.11. The highest BCUT2D eigenvalue weighted by Gasteiger charge is 1.99. The van der Waals surface area contributed by atoms with Crippen molar-refractivity contribution in [2.45, 2.75) is 0 Å². The number of benzene rings is 1. The second-order valence-corrected chi connectivity index (χ2v) is 4.04. The molecule has 0 bridgehead atoms. The molecule has 1 aromatic heterocycles. The van der Waals surface area contributed by atoms with Crippen LogP contribution < -0.4 is 0 Å². The lowest BCUT2D eigenvalue weighted by molar-refractivity contribution is 1.17. The standard InChI is InChI=1S/C10H6BrClN2/c11-8-3-1-7(2-4-8)9-5-10(12)14-6-13-9/h1-6H. The normalized spacial score (nSPS) is 10.1. The van der Waals surface area contributed by atoms with E-state index in [0.29, 0.717) is 5.15 Å².